The van der Waals surface area contributed by atoms with Gasteiger partial charge in [-0.3, -0.25) is 10.1 Å². The Hall–Kier alpha value is -1.38. The van der Waals surface area contributed by atoms with Crippen molar-refractivity contribution in [3.8, 4) is 0 Å². The smallest absolute Gasteiger partial charge is 0.258 e. The van der Waals surface area contributed by atoms with Gasteiger partial charge in [0.25, 0.3) is 5.69 Å². The van der Waals surface area contributed by atoms with Crippen LogP contribution in [0, 0.1) is 30.0 Å². The van der Waals surface area contributed by atoms with Gasteiger partial charge in [0.1, 0.15) is 0 Å². The molecule has 1 aromatic carbocycles. The van der Waals surface area contributed by atoms with Gasteiger partial charge in [0.2, 0.25) is 0 Å². The topological polar surface area (TPSA) is 43.1 Å². The highest BCUT2D eigenvalue weighted by Crippen LogP contribution is 2.17. The van der Waals surface area contributed by atoms with E-state index in [1.807, 2.05) is 0 Å². The Morgan fingerprint density at radius 2 is 2.18 bits per heavy atom. The third kappa shape index (κ3) is 1.55. The number of hydrogen-bond acceptors (Lipinski definition) is 2. The monoisotopic (exact) mass is 150 g/mol. The summed E-state index contributed by atoms with van der Waals surface area (Å²) in [5.74, 6) is 0. The summed E-state index contributed by atoms with van der Waals surface area (Å²) in [5.41, 5.74) is 1.61. The van der Waals surface area contributed by atoms with Crippen molar-refractivity contribution in [2.75, 3.05) is 0 Å². The molecule has 1 aromatic rings. The molecule has 1 rings (SSSR count). The van der Waals surface area contributed by atoms with Crippen LogP contribution in [0.25, 0.3) is 0 Å². The van der Waals surface area contributed by atoms with E-state index in [1.165, 1.54) is 6.07 Å². The van der Waals surface area contributed by atoms with E-state index >= 15 is 0 Å². The molecule has 0 aliphatic heterocycles. The number of benzene rings is 1. The maximum Gasteiger partial charge on any atom is 0.272 e. The van der Waals surface area contributed by atoms with Crippen LogP contribution in [0.3, 0.4) is 0 Å². The minimum absolute atomic E-state index is 0.168. The summed E-state index contributed by atoms with van der Waals surface area (Å²) >= 11 is 0. The van der Waals surface area contributed by atoms with Crippen LogP contribution in [0.2, 0.25) is 0 Å². The quantitative estimate of drug-likeness (QED) is 0.454. The van der Waals surface area contributed by atoms with Crippen LogP contribution in [0.5, 0.6) is 0 Å². The second-order valence-electron chi connectivity index (χ2n) is 2.44. The van der Waals surface area contributed by atoms with E-state index in [-0.39, 0.29) is 10.6 Å². The maximum atomic E-state index is 10.4. The highest BCUT2D eigenvalue weighted by atomic mass is 16.6. The number of aryl methyl sites for hydroxylation is 2. The zero-order valence-corrected chi connectivity index (χ0v) is 6.42. The standard InChI is InChI=1S/C8H8NO2/c1-6-3-4-7(2)8(5-6)9(10)11/h4-5H,1-2H3. The van der Waals surface area contributed by atoms with Crippen molar-refractivity contribution in [1.29, 1.82) is 0 Å². The van der Waals surface area contributed by atoms with Gasteiger partial charge >= 0.3 is 0 Å². The second-order valence-corrected chi connectivity index (χ2v) is 2.44. The summed E-state index contributed by atoms with van der Waals surface area (Å²) in [6, 6.07) is 6.05. The fourth-order valence-corrected chi connectivity index (χ4v) is 0.853. The number of rotatable bonds is 1. The van der Waals surface area contributed by atoms with E-state index in [4.69, 9.17) is 0 Å². The molecule has 0 heterocycles. The molecule has 0 unspecified atom stereocenters. The van der Waals surface area contributed by atoms with Crippen molar-refractivity contribution in [1.82, 2.24) is 0 Å². The average molecular weight is 150 g/mol. The molecule has 0 aliphatic carbocycles. The predicted molar refractivity (Wildman–Crippen MR) is 41.4 cm³/mol. The van der Waals surface area contributed by atoms with Crippen LogP contribution in [-0.2, 0) is 0 Å². The SMILES string of the molecule is Cc1[c]cc(C)c([N+](=O)[O-])c1. The summed E-state index contributed by atoms with van der Waals surface area (Å²) < 4.78 is 0. The fourth-order valence-electron chi connectivity index (χ4n) is 0.853. The van der Waals surface area contributed by atoms with Crippen molar-refractivity contribution in [3.63, 3.8) is 0 Å². The molecule has 0 aromatic heterocycles. The fraction of sp³-hybridized carbons (Fsp3) is 0.250. The minimum Gasteiger partial charge on any atom is -0.258 e. The Balaban J connectivity index is 3.23. The molecule has 3 nitrogen and oxygen atoms in total. The van der Waals surface area contributed by atoms with Crippen LogP contribution >= 0.6 is 0 Å². The van der Waals surface area contributed by atoms with Gasteiger partial charge in [0.05, 0.1) is 4.92 Å². The van der Waals surface area contributed by atoms with Crippen molar-refractivity contribution in [2.24, 2.45) is 0 Å². The first-order chi connectivity index (χ1) is 5.11. The normalized spacial score (nSPS) is 9.64. The zero-order valence-electron chi connectivity index (χ0n) is 6.42. The number of nitro groups is 1. The molecule has 0 fully saturated rings. The van der Waals surface area contributed by atoms with E-state index in [0.29, 0.717) is 5.56 Å². The van der Waals surface area contributed by atoms with Crippen LogP contribution in [0.15, 0.2) is 12.1 Å². The molecular formula is C8H8NO2. The van der Waals surface area contributed by atoms with Crippen LogP contribution in [0.4, 0.5) is 5.69 Å². The Morgan fingerprint density at radius 1 is 1.55 bits per heavy atom. The second kappa shape index (κ2) is 2.70. The van der Waals surface area contributed by atoms with Gasteiger partial charge in [-0.1, -0.05) is 0 Å². The molecule has 0 bridgehead atoms. The van der Waals surface area contributed by atoms with Gasteiger partial charge in [-0.25, -0.2) is 0 Å². The lowest BCUT2D eigenvalue weighted by atomic mass is 10.1. The molecule has 1 radical (unpaired) electrons. The molecular weight excluding hydrogens is 142 g/mol. The van der Waals surface area contributed by atoms with Crippen LogP contribution in [-0.4, -0.2) is 4.92 Å². The lowest BCUT2D eigenvalue weighted by Gasteiger charge is -1.96. The minimum atomic E-state index is -0.379. The lowest BCUT2D eigenvalue weighted by molar-refractivity contribution is -0.385. The number of nitrogens with zero attached hydrogens (tertiary/aromatic N) is 1. The zero-order chi connectivity index (χ0) is 8.43. The number of hydrogen-bond donors (Lipinski definition) is 0. The summed E-state index contributed by atoms with van der Waals surface area (Å²) in [6.07, 6.45) is 0. The van der Waals surface area contributed by atoms with E-state index in [9.17, 15) is 10.1 Å². The van der Waals surface area contributed by atoms with E-state index in [0.717, 1.165) is 5.56 Å². The van der Waals surface area contributed by atoms with Gasteiger partial charge in [-0.2, -0.15) is 0 Å². The van der Waals surface area contributed by atoms with Crippen LogP contribution in [0.1, 0.15) is 11.1 Å². The van der Waals surface area contributed by atoms with Gasteiger partial charge < -0.3 is 0 Å². The summed E-state index contributed by atoms with van der Waals surface area (Å²) in [4.78, 5) is 9.99. The lowest BCUT2D eigenvalue weighted by Crippen LogP contribution is -1.91. The third-order valence-electron chi connectivity index (χ3n) is 1.47. The summed E-state index contributed by atoms with van der Waals surface area (Å²) in [7, 11) is 0. The Morgan fingerprint density at radius 3 is 2.64 bits per heavy atom. The van der Waals surface area contributed by atoms with Crippen LogP contribution < -0.4 is 0 Å². The highest BCUT2D eigenvalue weighted by Gasteiger charge is 2.08. The van der Waals surface area contributed by atoms with Crippen molar-refractivity contribution in [2.45, 2.75) is 13.8 Å². The first-order valence-electron chi connectivity index (χ1n) is 3.24. The maximum absolute atomic E-state index is 10.4. The van der Waals surface area contributed by atoms with Gasteiger partial charge in [-0.05, 0) is 31.5 Å². The molecule has 57 valence electrons. The Kier molecular flexibility index (Phi) is 1.89. The Labute approximate surface area is 64.8 Å². The van der Waals surface area contributed by atoms with Gasteiger partial charge in [0, 0.05) is 11.6 Å². The van der Waals surface area contributed by atoms with Gasteiger partial charge in [-0.15, -0.1) is 0 Å². The predicted octanol–water partition coefficient (Wildman–Crippen LogP) is 2.01. The summed E-state index contributed by atoms with van der Waals surface area (Å²) in [6.45, 7) is 3.49. The molecule has 0 saturated heterocycles. The van der Waals surface area contributed by atoms with Crippen molar-refractivity contribution < 1.29 is 4.92 Å². The van der Waals surface area contributed by atoms with E-state index in [1.54, 1.807) is 19.9 Å². The molecule has 11 heavy (non-hydrogen) atoms. The van der Waals surface area contributed by atoms with Gasteiger partial charge in [0.15, 0.2) is 0 Å². The molecule has 0 atom stereocenters. The van der Waals surface area contributed by atoms with E-state index < -0.39 is 0 Å². The average Bonchev–Trinajstić information content (AvgIpc) is 1.94. The van der Waals surface area contributed by atoms with E-state index in [2.05, 4.69) is 6.07 Å². The largest absolute Gasteiger partial charge is 0.272 e. The first-order valence-corrected chi connectivity index (χ1v) is 3.24. The molecule has 0 N–H and O–H groups in total. The molecule has 3 heteroatoms. The third-order valence-corrected chi connectivity index (χ3v) is 1.47. The molecule has 0 aliphatic rings. The molecule has 0 spiro atoms. The number of nitro benzene ring substituents is 1. The summed E-state index contributed by atoms with van der Waals surface area (Å²) in [5, 5.41) is 10.4. The van der Waals surface area contributed by atoms with Crippen molar-refractivity contribution >= 4 is 5.69 Å². The molecule has 0 saturated carbocycles. The first kappa shape index (κ1) is 7.72. The van der Waals surface area contributed by atoms with Crippen molar-refractivity contribution in [3.05, 3.63) is 39.4 Å². The Bertz CT molecular complexity index is 294. The highest BCUT2D eigenvalue weighted by molar-refractivity contribution is 5.41. The molecule has 0 amide bonds.